The van der Waals surface area contributed by atoms with Crippen LogP contribution in [0.3, 0.4) is 0 Å². The van der Waals surface area contributed by atoms with Gasteiger partial charge in [0.1, 0.15) is 11.9 Å². The number of benzene rings is 4. The highest BCUT2D eigenvalue weighted by atomic mass is 19.4. The molecule has 0 unspecified atom stereocenters. The standard InChI is InChI=1S/C29H23F3N2/c30-29(31,32)25-19-11-10-18-24(25)20-34-27(22-14-6-2-7-15-22)26(21-12-4-1-5-13-21)33-28(34)23-16-8-3-9-17-23/h1-19,26-27H,20H2/t26-,27-/m0/s1. The van der Waals surface area contributed by atoms with E-state index in [1.165, 1.54) is 6.07 Å². The molecule has 1 aliphatic rings. The summed E-state index contributed by atoms with van der Waals surface area (Å²) >= 11 is 0. The molecule has 4 aromatic rings. The summed E-state index contributed by atoms with van der Waals surface area (Å²) in [5.41, 5.74) is 2.53. The number of aliphatic imine (C=N–C) groups is 1. The molecule has 0 saturated heterocycles. The summed E-state index contributed by atoms with van der Waals surface area (Å²) in [7, 11) is 0. The zero-order valence-corrected chi connectivity index (χ0v) is 18.4. The molecular formula is C29H23F3N2. The Morgan fingerprint density at radius 2 is 1.18 bits per heavy atom. The van der Waals surface area contributed by atoms with Gasteiger partial charge in [-0.3, -0.25) is 4.99 Å². The van der Waals surface area contributed by atoms with Crippen molar-refractivity contribution >= 4 is 5.84 Å². The maximum atomic E-state index is 13.9. The lowest BCUT2D eigenvalue weighted by Gasteiger charge is -2.32. The topological polar surface area (TPSA) is 15.6 Å². The second-order valence-electron chi connectivity index (χ2n) is 8.31. The van der Waals surface area contributed by atoms with Crippen molar-refractivity contribution in [2.75, 3.05) is 0 Å². The number of hydrogen-bond acceptors (Lipinski definition) is 2. The van der Waals surface area contributed by atoms with Crippen molar-refractivity contribution < 1.29 is 13.2 Å². The molecule has 5 rings (SSSR count). The van der Waals surface area contributed by atoms with Crippen LogP contribution >= 0.6 is 0 Å². The number of hydrogen-bond donors (Lipinski definition) is 0. The highest BCUT2D eigenvalue weighted by molar-refractivity contribution is 6.00. The minimum absolute atomic E-state index is 0.0896. The molecule has 170 valence electrons. The largest absolute Gasteiger partial charge is 0.416 e. The van der Waals surface area contributed by atoms with E-state index in [1.54, 1.807) is 12.1 Å². The number of amidine groups is 1. The average Bonchev–Trinajstić information content (AvgIpc) is 3.24. The van der Waals surface area contributed by atoms with Gasteiger partial charge in [-0.1, -0.05) is 109 Å². The molecular weight excluding hydrogens is 433 g/mol. The first-order chi connectivity index (χ1) is 16.5. The average molecular weight is 457 g/mol. The fraction of sp³-hybridized carbons (Fsp3) is 0.138. The minimum atomic E-state index is -4.43. The third-order valence-electron chi connectivity index (χ3n) is 6.15. The van der Waals surface area contributed by atoms with Gasteiger partial charge in [0.2, 0.25) is 0 Å². The zero-order valence-electron chi connectivity index (χ0n) is 18.4. The fourth-order valence-corrected chi connectivity index (χ4v) is 4.62. The van der Waals surface area contributed by atoms with Crippen LogP contribution in [0.25, 0.3) is 0 Å². The van der Waals surface area contributed by atoms with Crippen LogP contribution in [0.2, 0.25) is 0 Å². The quantitative estimate of drug-likeness (QED) is 0.304. The van der Waals surface area contributed by atoms with E-state index in [4.69, 9.17) is 4.99 Å². The summed E-state index contributed by atoms with van der Waals surface area (Å²) in [6.45, 7) is 0.0896. The Labute approximate surface area is 197 Å². The first-order valence-electron chi connectivity index (χ1n) is 11.2. The Bertz CT molecular complexity index is 1270. The summed E-state index contributed by atoms with van der Waals surface area (Å²) in [6.07, 6.45) is -4.43. The van der Waals surface area contributed by atoms with Gasteiger partial charge in [0, 0.05) is 12.1 Å². The van der Waals surface area contributed by atoms with Gasteiger partial charge in [-0.05, 0) is 22.8 Å². The second-order valence-corrected chi connectivity index (χ2v) is 8.31. The van der Waals surface area contributed by atoms with E-state index in [-0.39, 0.29) is 24.2 Å². The molecule has 0 saturated carbocycles. The van der Waals surface area contributed by atoms with Gasteiger partial charge in [0.05, 0.1) is 11.6 Å². The van der Waals surface area contributed by atoms with Gasteiger partial charge in [0.15, 0.2) is 0 Å². The van der Waals surface area contributed by atoms with Crippen molar-refractivity contribution in [2.24, 2.45) is 4.99 Å². The number of alkyl halides is 3. The first kappa shape index (κ1) is 22.0. The van der Waals surface area contributed by atoms with E-state index >= 15 is 0 Å². The summed E-state index contributed by atoms with van der Waals surface area (Å²) < 4.78 is 41.6. The van der Waals surface area contributed by atoms with Crippen molar-refractivity contribution in [2.45, 2.75) is 24.8 Å². The third kappa shape index (κ3) is 4.34. The van der Waals surface area contributed by atoms with E-state index in [2.05, 4.69) is 0 Å². The van der Waals surface area contributed by atoms with Gasteiger partial charge in [-0.25, -0.2) is 0 Å². The maximum Gasteiger partial charge on any atom is 0.416 e. The zero-order chi connectivity index (χ0) is 23.5. The number of halogens is 3. The van der Waals surface area contributed by atoms with Crippen LogP contribution in [-0.2, 0) is 12.7 Å². The molecule has 34 heavy (non-hydrogen) atoms. The summed E-state index contributed by atoms with van der Waals surface area (Å²) in [4.78, 5) is 7.14. The Morgan fingerprint density at radius 1 is 0.647 bits per heavy atom. The lowest BCUT2D eigenvalue weighted by Crippen LogP contribution is -2.32. The maximum absolute atomic E-state index is 13.9. The van der Waals surface area contributed by atoms with Crippen molar-refractivity contribution in [1.82, 2.24) is 4.90 Å². The van der Waals surface area contributed by atoms with E-state index in [9.17, 15) is 13.2 Å². The molecule has 0 aliphatic carbocycles. The second kappa shape index (κ2) is 9.18. The highest BCUT2D eigenvalue weighted by Gasteiger charge is 2.40. The number of rotatable bonds is 5. The van der Waals surface area contributed by atoms with Gasteiger partial charge < -0.3 is 4.90 Å². The molecule has 0 N–H and O–H groups in total. The lowest BCUT2D eigenvalue weighted by atomic mass is 9.93. The Hall–Kier alpha value is -3.86. The molecule has 2 nitrogen and oxygen atoms in total. The molecule has 2 atom stereocenters. The molecule has 0 spiro atoms. The number of nitrogens with zero attached hydrogens (tertiary/aromatic N) is 2. The molecule has 1 aliphatic heterocycles. The van der Waals surface area contributed by atoms with Crippen LogP contribution in [0, 0.1) is 0 Å². The van der Waals surface area contributed by atoms with Gasteiger partial charge in [-0.15, -0.1) is 0 Å². The molecule has 0 bridgehead atoms. The van der Waals surface area contributed by atoms with Crippen LogP contribution in [0.4, 0.5) is 13.2 Å². The smallest absolute Gasteiger partial charge is 0.342 e. The van der Waals surface area contributed by atoms with Crippen LogP contribution in [0.15, 0.2) is 120 Å². The van der Waals surface area contributed by atoms with Crippen molar-refractivity contribution in [3.8, 4) is 0 Å². The van der Waals surface area contributed by atoms with E-state index in [0.29, 0.717) is 5.84 Å². The molecule has 0 amide bonds. The highest BCUT2D eigenvalue weighted by Crippen LogP contribution is 2.45. The van der Waals surface area contributed by atoms with Gasteiger partial charge >= 0.3 is 6.18 Å². The van der Waals surface area contributed by atoms with Gasteiger partial charge in [-0.2, -0.15) is 13.2 Å². The van der Waals surface area contributed by atoms with Crippen molar-refractivity contribution in [1.29, 1.82) is 0 Å². The van der Waals surface area contributed by atoms with E-state index < -0.39 is 11.7 Å². The third-order valence-corrected chi connectivity index (χ3v) is 6.15. The molecule has 5 heteroatoms. The SMILES string of the molecule is FC(F)(F)c1ccccc1CN1C(c2ccccc2)=N[C@@H](c2ccccc2)[C@@H]1c1ccccc1. The molecule has 0 aromatic heterocycles. The molecule has 4 aromatic carbocycles. The Balaban J connectivity index is 1.67. The van der Waals surface area contributed by atoms with Gasteiger partial charge in [0.25, 0.3) is 0 Å². The summed E-state index contributed by atoms with van der Waals surface area (Å²) in [5, 5.41) is 0. The van der Waals surface area contributed by atoms with Crippen LogP contribution in [-0.4, -0.2) is 10.7 Å². The normalized spacial score (nSPS) is 18.1. The minimum Gasteiger partial charge on any atom is -0.342 e. The summed E-state index contributed by atoms with van der Waals surface area (Å²) in [6, 6.07) is 34.8. The predicted molar refractivity (Wildman–Crippen MR) is 128 cm³/mol. The lowest BCUT2D eigenvalue weighted by molar-refractivity contribution is -0.138. The van der Waals surface area contributed by atoms with Crippen LogP contribution in [0.1, 0.15) is 39.9 Å². The van der Waals surface area contributed by atoms with E-state index in [0.717, 1.165) is 22.8 Å². The molecule has 0 radical (unpaired) electrons. The van der Waals surface area contributed by atoms with Crippen molar-refractivity contribution in [3.05, 3.63) is 143 Å². The fourth-order valence-electron chi connectivity index (χ4n) is 4.62. The molecule has 0 fully saturated rings. The predicted octanol–water partition coefficient (Wildman–Crippen LogP) is 7.45. The summed E-state index contributed by atoms with van der Waals surface area (Å²) in [5.74, 6) is 0.695. The monoisotopic (exact) mass is 456 g/mol. The Morgan fingerprint density at radius 3 is 1.79 bits per heavy atom. The van der Waals surface area contributed by atoms with Crippen LogP contribution < -0.4 is 0 Å². The first-order valence-corrected chi connectivity index (χ1v) is 11.2. The Kier molecular flexibility index (Phi) is 5.93. The van der Waals surface area contributed by atoms with Crippen LogP contribution in [0.5, 0.6) is 0 Å². The molecule has 1 heterocycles. The van der Waals surface area contributed by atoms with E-state index in [1.807, 2.05) is 95.9 Å². The van der Waals surface area contributed by atoms with Crippen molar-refractivity contribution in [3.63, 3.8) is 0 Å².